The molecule has 0 aromatic carbocycles. The van der Waals surface area contributed by atoms with Crippen molar-refractivity contribution in [3.8, 4) is 0 Å². The second kappa shape index (κ2) is 3.84. The summed E-state index contributed by atoms with van der Waals surface area (Å²) in [6, 6.07) is -0.217. The first-order valence-corrected chi connectivity index (χ1v) is 5.08. The van der Waals surface area contributed by atoms with Crippen LogP contribution in [0.3, 0.4) is 0 Å². The highest BCUT2D eigenvalue weighted by molar-refractivity contribution is 6.13. The Kier molecular flexibility index (Phi) is 2.53. The predicted molar refractivity (Wildman–Crippen MR) is 56.6 cm³/mol. The standard InChI is InChI=1S/C10H14N4O/c1-3-4-8-10(15)13-9(12-8)7-5-11-14(2)6-7/h5-6,8H,3-4H2,1-2H3,(H,12,13,15). The molecule has 2 heterocycles. The first-order valence-electron chi connectivity index (χ1n) is 5.08. The zero-order valence-corrected chi connectivity index (χ0v) is 8.90. The molecule has 1 amide bonds. The maximum absolute atomic E-state index is 11.5. The number of aromatic nitrogens is 2. The molecule has 1 aromatic rings. The summed E-state index contributed by atoms with van der Waals surface area (Å²) in [5, 5.41) is 6.82. The molecule has 1 aliphatic heterocycles. The lowest BCUT2D eigenvalue weighted by Gasteiger charge is -1.99. The molecule has 0 saturated carbocycles. The summed E-state index contributed by atoms with van der Waals surface area (Å²) >= 11 is 0. The Balaban J connectivity index is 2.18. The number of amidine groups is 1. The van der Waals surface area contributed by atoms with E-state index in [0.717, 1.165) is 18.4 Å². The Morgan fingerprint density at radius 1 is 1.60 bits per heavy atom. The van der Waals surface area contributed by atoms with Crippen molar-refractivity contribution in [3.63, 3.8) is 0 Å². The van der Waals surface area contributed by atoms with Crippen LogP contribution in [0.5, 0.6) is 0 Å². The lowest BCUT2D eigenvalue weighted by molar-refractivity contribution is -0.120. The summed E-state index contributed by atoms with van der Waals surface area (Å²) in [4.78, 5) is 15.8. The minimum atomic E-state index is -0.217. The molecule has 15 heavy (non-hydrogen) atoms. The van der Waals surface area contributed by atoms with Crippen LogP contribution in [0.2, 0.25) is 0 Å². The molecule has 1 atom stereocenters. The van der Waals surface area contributed by atoms with Gasteiger partial charge in [0.2, 0.25) is 5.91 Å². The van der Waals surface area contributed by atoms with Gasteiger partial charge in [0, 0.05) is 13.2 Å². The topological polar surface area (TPSA) is 59.3 Å². The van der Waals surface area contributed by atoms with E-state index in [0.29, 0.717) is 5.84 Å². The van der Waals surface area contributed by atoms with E-state index < -0.39 is 0 Å². The molecular formula is C10H14N4O. The van der Waals surface area contributed by atoms with E-state index >= 15 is 0 Å². The third-order valence-electron chi connectivity index (χ3n) is 2.37. The van der Waals surface area contributed by atoms with E-state index in [1.54, 1.807) is 10.9 Å². The van der Waals surface area contributed by atoms with Gasteiger partial charge in [-0.2, -0.15) is 5.10 Å². The van der Waals surface area contributed by atoms with E-state index in [1.165, 1.54) is 0 Å². The van der Waals surface area contributed by atoms with Gasteiger partial charge in [-0.1, -0.05) is 13.3 Å². The highest BCUT2D eigenvalue weighted by Crippen LogP contribution is 2.11. The Morgan fingerprint density at radius 2 is 2.40 bits per heavy atom. The zero-order chi connectivity index (χ0) is 10.8. The summed E-state index contributed by atoms with van der Waals surface area (Å²) in [6.45, 7) is 2.05. The molecule has 1 unspecified atom stereocenters. The third-order valence-corrected chi connectivity index (χ3v) is 2.37. The summed E-state index contributed by atoms with van der Waals surface area (Å²) < 4.78 is 1.69. The summed E-state index contributed by atoms with van der Waals surface area (Å²) in [5.74, 6) is 0.641. The Morgan fingerprint density at radius 3 is 3.00 bits per heavy atom. The minimum absolute atomic E-state index is 0.00398. The van der Waals surface area contributed by atoms with Crippen LogP contribution in [-0.2, 0) is 11.8 Å². The van der Waals surface area contributed by atoms with Crippen LogP contribution in [0.1, 0.15) is 25.3 Å². The van der Waals surface area contributed by atoms with Crippen LogP contribution in [0.25, 0.3) is 0 Å². The molecule has 2 rings (SSSR count). The van der Waals surface area contributed by atoms with Crippen LogP contribution in [0.15, 0.2) is 17.4 Å². The average molecular weight is 206 g/mol. The number of aliphatic imine (C=N–C) groups is 1. The van der Waals surface area contributed by atoms with Crippen molar-refractivity contribution in [2.24, 2.45) is 12.0 Å². The first-order chi connectivity index (χ1) is 7.20. The van der Waals surface area contributed by atoms with Gasteiger partial charge < -0.3 is 5.32 Å². The number of carbonyl (C=O) groups excluding carboxylic acids is 1. The van der Waals surface area contributed by atoms with Gasteiger partial charge in [-0.15, -0.1) is 0 Å². The van der Waals surface area contributed by atoms with Crippen LogP contribution >= 0.6 is 0 Å². The van der Waals surface area contributed by atoms with Gasteiger partial charge in [-0.25, -0.2) is 0 Å². The zero-order valence-electron chi connectivity index (χ0n) is 8.90. The number of nitrogens with one attached hydrogen (secondary N) is 1. The van der Waals surface area contributed by atoms with Crippen LogP contribution in [0, 0.1) is 0 Å². The second-order valence-electron chi connectivity index (χ2n) is 3.67. The Labute approximate surface area is 88.2 Å². The van der Waals surface area contributed by atoms with Crippen molar-refractivity contribution >= 4 is 11.7 Å². The lowest BCUT2D eigenvalue weighted by Crippen LogP contribution is -2.28. The molecule has 0 saturated heterocycles. The van der Waals surface area contributed by atoms with Gasteiger partial charge in [0.15, 0.2) is 0 Å². The molecule has 0 fully saturated rings. The van der Waals surface area contributed by atoms with Gasteiger partial charge in [0.1, 0.15) is 11.9 Å². The Bertz CT molecular complexity index is 407. The molecule has 0 radical (unpaired) electrons. The van der Waals surface area contributed by atoms with Crippen molar-refractivity contribution in [2.75, 3.05) is 0 Å². The lowest BCUT2D eigenvalue weighted by atomic mass is 10.2. The molecular weight excluding hydrogens is 192 g/mol. The molecule has 1 N–H and O–H groups in total. The van der Waals surface area contributed by atoms with E-state index in [4.69, 9.17) is 0 Å². The average Bonchev–Trinajstić information content (AvgIpc) is 2.75. The van der Waals surface area contributed by atoms with Crippen molar-refractivity contribution in [2.45, 2.75) is 25.8 Å². The number of carbonyl (C=O) groups is 1. The maximum Gasteiger partial charge on any atom is 0.250 e. The van der Waals surface area contributed by atoms with Crippen molar-refractivity contribution in [3.05, 3.63) is 18.0 Å². The van der Waals surface area contributed by atoms with Crippen LogP contribution < -0.4 is 5.32 Å². The van der Waals surface area contributed by atoms with Gasteiger partial charge in [0.25, 0.3) is 0 Å². The highest BCUT2D eigenvalue weighted by Gasteiger charge is 2.26. The third kappa shape index (κ3) is 1.91. The number of aryl methyl sites for hydroxylation is 1. The minimum Gasteiger partial charge on any atom is -0.309 e. The fraction of sp³-hybridized carbons (Fsp3) is 0.500. The normalized spacial score (nSPS) is 20.3. The largest absolute Gasteiger partial charge is 0.309 e. The summed E-state index contributed by atoms with van der Waals surface area (Å²) in [7, 11) is 1.84. The van der Waals surface area contributed by atoms with Crippen molar-refractivity contribution < 1.29 is 4.79 Å². The summed E-state index contributed by atoms with van der Waals surface area (Å²) in [5.41, 5.74) is 0.865. The quantitative estimate of drug-likeness (QED) is 0.781. The number of hydrogen-bond donors (Lipinski definition) is 1. The molecule has 1 aliphatic rings. The smallest absolute Gasteiger partial charge is 0.250 e. The SMILES string of the molecule is CCCC1N=C(c2cnn(C)c2)NC1=O. The van der Waals surface area contributed by atoms with Crippen LogP contribution in [0.4, 0.5) is 0 Å². The second-order valence-corrected chi connectivity index (χ2v) is 3.67. The number of nitrogens with zero attached hydrogens (tertiary/aromatic N) is 3. The van der Waals surface area contributed by atoms with E-state index in [9.17, 15) is 4.79 Å². The van der Waals surface area contributed by atoms with Crippen LogP contribution in [-0.4, -0.2) is 27.6 Å². The molecule has 5 nitrogen and oxygen atoms in total. The van der Waals surface area contributed by atoms with Gasteiger partial charge in [-0.05, 0) is 6.42 Å². The number of rotatable bonds is 3. The van der Waals surface area contributed by atoms with Gasteiger partial charge >= 0.3 is 0 Å². The van der Waals surface area contributed by atoms with Crippen molar-refractivity contribution in [1.82, 2.24) is 15.1 Å². The molecule has 1 aromatic heterocycles. The predicted octanol–water partition coefficient (Wildman–Crippen LogP) is 0.465. The van der Waals surface area contributed by atoms with Gasteiger partial charge in [-0.3, -0.25) is 14.5 Å². The van der Waals surface area contributed by atoms with E-state index in [1.807, 2.05) is 20.2 Å². The monoisotopic (exact) mass is 206 g/mol. The molecule has 0 bridgehead atoms. The van der Waals surface area contributed by atoms with Crippen molar-refractivity contribution in [1.29, 1.82) is 0 Å². The maximum atomic E-state index is 11.5. The molecule has 5 heteroatoms. The molecule has 0 spiro atoms. The Hall–Kier alpha value is -1.65. The van der Waals surface area contributed by atoms with E-state index in [2.05, 4.69) is 15.4 Å². The number of hydrogen-bond acceptors (Lipinski definition) is 3. The fourth-order valence-corrected chi connectivity index (χ4v) is 1.61. The molecule has 80 valence electrons. The molecule has 0 aliphatic carbocycles. The number of amides is 1. The highest BCUT2D eigenvalue weighted by atomic mass is 16.2. The summed E-state index contributed by atoms with van der Waals surface area (Å²) in [6.07, 6.45) is 5.30. The first kappa shape index (κ1) is 9.89. The fourth-order valence-electron chi connectivity index (χ4n) is 1.61. The van der Waals surface area contributed by atoms with E-state index in [-0.39, 0.29) is 11.9 Å². The van der Waals surface area contributed by atoms with Gasteiger partial charge in [0.05, 0.1) is 11.8 Å².